The van der Waals surface area contributed by atoms with Gasteiger partial charge in [-0.05, 0) is 73.4 Å². The number of piperidine rings is 1. The minimum absolute atomic E-state index is 0.172. The maximum atomic E-state index is 4.63. The topological polar surface area (TPSA) is 46.8 Å². The van der Waals surface area contributed by atoms with E-state index in [1.165, 1.54) is 88.3 Å². The van der Waals surface area contributed by atoms with Crippen molar-refractivity contribution in [3.8, 4) is 0 Å². The zero-order valence-electron chi connectivity index (χ0n) is 17.9. The SMILES string of the molecule is Cc1ccc([C@H](c2nnnn2C2CCCC2)N2CCCC3(CCCCC3)C2)cc1. The van der Waals surface area contributed by atoms with Crippen molar-refractivity contribution in [2.24, 2.45) is 5.41 Å². The average Bonchev–Trinajstić information content (AvgIpc) is 3.42. The summed E-state index contributed by atoms with van der Waals surface area (Å²) in [6, 6.07) is 9.73. The normalized spacial score (nSPS) is 24.2. The number of hydrogen-bond donors (Lipinski definition) is 0. The standard InChI is InChI=1S/C24H35N5/c1-19-10-12-20(13-11-19)22(23-25-26-27-29(23)21-8-3-4-9-21)28-17-7-16-24(18-28)14-5-2-6-15-24/h10-13,21-22H,2-9,14-18H2,1H3/t22-/m1/s1. The van der Waals surface area contributed by atoms with Crippen LogP contribution in [0.25, 0.3) is 0 Å². The lowest BCUT2D eigenvalue weighted by atomic mass is 9.69. The molecule has 2 aromatic rings. The van der Waals surface area contributed by atoms with Gasteiger partial charge in [0.15, 0.2) is 5.82 Å². The van der Waals surface area contributed by atoms with E-state index in [1.54, 1.807) is 0 Å². The van der Waals surface area contributed by atoms with Gasteiger partial charge in [-0.15, -0.1) is 5.10 Å². The van der Waals surface area contributed by atoms with Crippen LogP contribution in [-0.4, -0.2) is 38.2 Å². The van der Waals surface area contributed by atoms with E-state index in [0.717, 1.165) is 12.4 Å². The molecule has 2 aliphatic carbocycles. The molecule has 156 valence electrons. The molecule has 1 saturated heterocycles. The highest BCUT2D eigenvalue weighted by Gasteiger charge is 2.40. The fraction of sp³-hybridized carbons (Fsp3) is 0.708. The van der Waals surface area contributed by atoms with Crippen LogP contribution in [0.1, 0.15) is 99.7 Å². The van der Waals surface area contributed by atoms with Crippen molar-refractivity contribution in [2.75, 3.05) is 13.1 Å². The molecule has 2 saturated carbocycles. The summed E-state index contributed by atoms with van der Waals surface area (Å²) in [7, 11) is 0. The van der Waals surface area contributed by atoms with Crippen molar-refractivity contribution in [3.63, 3.8) is 0 Å². The molecule has 3 fully saturated rings. The van der Waals surface area contributed by atoms with Crippen LogP contribution in [0.2, 0.25) is 0 Å². The average molecular weight is 394 g/mol. The predicted molar refractivity (Wildman–Crippen MR) is 115 cm³/mol. The van der Waals surface area contributed by atoms with Crippen LogP contribution in [0.5, 0.6) is 0 Å². The number of likely N-dealkylation sites (tertiary alicyclic amines) is 1. The van der Waals surface area contributed by atoms with Gasteiger partial charge in [-0.25, -0.2) is 4.68 Å². The Morgan fingerprint density at radius 2 is 1.66 bits per heavy atom. The maximum absolute atomic E-state index is 4.63. The molecular weight excluding hydrogens is 358 g/mol. The molecule has 5 heteroatoms. The molecule has 1 aromatic carbocycles. The number of aromatic nitrogens is 4. The van der Waals surface area contributed by atoms with Crippen LogP contribution < -0.4 is 0 Å². The van der Waals surface area contributed by atoms with Crippen molar-refractivity contribution in [1.29, 1.82) is 0 Å². The van der Waals surface area contributed by atoms with Crippen molar-refractivity contribution in [1.82, 2.24) is 25.1 Å². The Hall–Kier alpha value is -1.75. The second kappa shape index (κ2) is 8.17. The molecular formula is C24H35N5. The first-order valence-electron chi connectivity index (χ1n) is 11.8. The van der Waals surface area contributed by atoms with E-state index >= 15 is 0 Å². The first-order valence-corrected chi connectivity index (χ1v) is 11.8. The Morgan fingerprint density at radius 1 is 0.931 bits per heavy atom. The summed E-state index contributed by atoms with van der Waals surface area (Å²) in [6.45, 7) is 4.51. The molecule has 2 heterocycles. The number of tetrazole rings is 1. The van der Waals surface area contributed by atoms with Crippen LogP contribution >= 0.6 is 0 Å². The van der Waals surface area contributed by atoms with Gasteiger partial charge in [0.25, 0.3) is 0 Å². The Balaban J connectivity index is 1.51. The number of hydrogen-bond acceptors (Lipinski definition) is 4. The van der Waals surface area contributed by atoms with Gasteiger partial charge in [-0.2, -0.15) is 0 Å². The third-order valence-corrected chi connectivity index (χ3v) is 7.80. The Kier molecular flexibility index (Phi) is 5.42. The molecule has 1 atom stereocenters. The Labute approximate surface area is 174 Å². The maximum Gasteiger partial charge on any atom is 0.173 e. The van der Waals surface area contributed by atoms with E-state index in [4.69, 9.17) is 0 Å². The highest BCUT2D eigenvalue weighted by atomic mass is 15.6. The number of aryl methyl sites for hydroxylation is 1. The summed E-state index contributed by atoms with van der Waals surface area (Å²) in [5, 5.41) is 13.3. The fourth-order valence-corrected chi connectivity index (χ4v) is 6.24. The highest BCUT2D eigenvalue weighted by Crippen LogP contribution is 2.46. The monoisotopic (exact) mass is 393 g/mol. The molecule has 3 aliphatic rings. The third-order valence-electron chi connectivity index (χ3n) is 7.80. The van der Waals surface area contributed by atoms with Crippen molar-refractivity contribution in [2.45, 2.75) is 89.6 Å². The Morgan fingerprint density at radius 3 is 2.41 bits per heavy atom. The first kappa shape index (κ1) is 19.2. The van der Waals surface area contributed by atoms with Gasteiger partial charge in [0.1, 0.15) is 0 Å². The summed E-state index contributed by atoms with van der Waals surface area (Å²) in [5.74, 6) is 1.06. The summed E-state index contributed by atoms with van der Waals surface area (Å²) in [5.41, 5.74) is 3.17. The van der Waals surface area contributed by atoms with E-state index in [0.29, 0.717) is 11.5 Å². The number of nitrogens with zero attached hydrogens (tertiary/aromatic N) is 5. The van der Waals surface area contributed by atoms with Crippen LogP contribution in [0.15, 0.2) is 24.3 Å². The highest BCUT2D eigenvalue weighted by molar-refractivity contribution is 5.28. The summed E-state index contributed by atoms with van der Waals surface area (Å²) in [4.78, 5) is 2.72. The van der Waals surface area contributed by atoms with E-state index in [9.17, 15) is 0 Å². The summed E-state index contributed by atoms with van der Waals surface area (Å²) in [6.07, 6.45) is 14.7. The quantitative estimate of drug-likeness (QED) is 0.713. The van der Waals surface area contributed by atoms with Gasteiger partial charge >= 0.3 is 0 Å². The first-order chi connectivity index (χ1) is 14.2. The van der Waals surface area contributed by atoms with Crippen molar-refractivity contribution in [3.05, 3.63) is 41.2 Å². The van der Waals surface area contributed by atoms with Gasteiger partial charge in [-0.1, -0.05) is 61.9 Å². The lowest BCUT2D eigenvalue weighted by Gasteiger charge is -2.47. The summed E-state index contributed by atoms with van der Waals surface area (Å²) >= 11 is 0. The molecule has 1 aliphatic heterocycles. The smallest absolute Gasteiger partial charge is 0.173 e. The van der Waals surface area contributed by atoms with Gasteiger partial charge in [-0.3, -0.25) is 4.90 Å². The van der Waals surface area contributed by atoms with Crippen LogP contribution in [0.3, 0.4) is 0 Å². The van der Waals surface area contributed by atoms with Gasteiger partial charge in [0, 0.05) is 6.54 Å². The molecule has 1 aromatic heterocycles. The lowest BCUT2D eigenvalue weighted by molar-refractivity contribution is 0.0338. The van der Waals surface area contributed by atoms with Gasteiger partial charge < -0.3 is 0 Å². The lowest BCUT2D eigenvalue weighted by Crippen LogP contribution is -2.46. The minimum Gasteiger partial charge on any atom is -0.289 e. The van der Waals surface area contributed by atoms with Crippen LogP contribution in [0, 0.1) is 12.3 Å². The third kappa shape index (κ3) is 3.86. The number of benzene rings is 1. The molecule has 0 unspecified atom stereocenters. The minimum atomic E-state index is 0.172. The van der Waals surface area contributed by atoms with Crippen molar-refractivity contribution < 1.29 is 0 Å². The molecule has 5 nitrogen and oxygen atoms in total. The zero-order valence-corrected chi connectivity index (χ0v) is 17.9. The van der Waals surface area contributed by atoms with Crippen LogP contribution in [-0.2, 0) is 0 Å². The molecule has 5 rings (SSSR count). The largest absolute Gasteiger partial charge is 0.289 e. The molecule has 0 radical (unpaired) electrons. The van der Waals surface area contributed by atoms with E-state index in [1.807, 2.05) is 0 Å². The molecule has 29 heavy (non-hydrogen) atoms. The molecule has 0 N–H and O–H groups in total. The second-order valence-electron chi connectivity index (χ2n) is 9.87. The molecule has 0 amide bonds. The molecule has 0 bridgehead atoms. The zero-order chi connectivity index (χ0) is 19.7. The van der Waals surface area contributed by atoms with E-state index in [-0.39, 0.29) is 6.04 Å². The van der Waals surface area contributed by atoms with Gasteiger partial charge in [0.2, 0.25) is 0 Å². The molecule has 1 spiro atoms. The second-order valence-corrected chi connectivity index (χ2v) is 9.87. The van der Waals surface area contributed by atoms with Crippen LogP contribution in [0.4, 0.5) is 0 Å². The Bertz CT molecular complexity index is 793. The van der Waals surface area contributed by atoms with E-state index in [2.05, 4.69) is 56.3 Å². The van der Waals surface area contributed by atoms with Gasteiger partial charge in [0.05, 0.1) is 12.1 Å². The fourth-order valence-electron chi connectivity index (χ4n) is 6.24. The number of rotatable bonds is 4. The predicted octanol–water partition coefficient (Wildman–Crippen LogP) is 5.23. The van der Waals surface area contributed by atoms with Crippen molar-refractivity contribution >= 4 is 0 Å². The summed E-state index contributed by atoms with van der Waals surface area (Å²) < 4.78 is 2.18. The van der Waals surface area contributed by atoms with E-state index < -0.39 is 0 Å².